The minimum absolute atomic E-state index is 0.0140. The molecule has 0 saturated carbocycles. The van der Waals surface area contributed by atoms with Gasteiger partial charge < -0.3 is 5.32 Å². The molecule has 94 valence electrons. The molecular weight excluding hydrogens is 277 g/mol. The first kappa shape index (κ1) is 12.9. The molecule has 2 heterocycles. The maximum absolute atomic E-state index is 13.0. The van der Waals surface area contributed by atoms with Gasteiger partial charge in [0.1, 0.15) is 16.0 Å². The molecule has 4 nitrogen and oxygen atoms in total. The number of nitrogens with one attached hydrogen (secondary N) is 1. The van der Waals surface area contributed by atoms with Crippen molar-refractivity contribution in [2.24, 2.45) is 0 Å². The van der Waals surface area contributed by atoms with Gasteiger partial charge in [0, 0.05) is 11.6 Å². The number of halogens is 2. The summed E-state index contributed by atoms with van der Waals surface area (Å²) < 4.78 is 13.0. The highest BCUT2D eigenvalue weighted by atomic mass is 35.5. The van der Waals surface area contributed by atoms with Gasteiger partial charge in [0.2, 0.25) is 0 Å². The molecule has 0 radical (unpaired) electrons. The summed E-state index contributed by atoms with van der Waals surface area (Å²) in [5, 5.41) is 5.24. The van der Waals surface area contributed by atoms with Gasteiger partial charge in [-0.2, -0.15) is 0 Å². The lowest BCUT2D eigenvalue weighted by molar-refractivity contribution is 0.0939. The molecule has 1 amide bonds. The van der Waals surface area contributed by atoms with Crippen molar-refractivity contribution in [1.82, 2.24) is 15.3 Å². The summed E-state index contributed by atoms with van der Waals surface area (Å²) in [4.78, 5) is 19.6. The monoisotopic (exact) mass is 285 g/mol. The lowest BCUT2D eigenvalue weighted by Gasteiger charge is -2.11. The minimum atomic E-state index is -0.605. The highest BCUT2D eigenvalue weighted by Crippen LogP contribution is 2.18. The molecule has 1 atom stereocenters. The van der Waals surface area contributed by atoms with Crippen LogP contribution < -0.4 is 5.32 Å². The van der Waals surface area contributed by atoms with Gasteiger partial charge in [-0.1, -0.05) is 11.6 Å². The molecule has 1 N–H and O–H groups in total. The fourth-order valence-corrected chi connectivity index (χ4v) is 2.20. The SMILES string of the molecule is CC(NC(=O)c1cc(F)cnc1Cl)c1nccs1. The van der Waals surface area contributed by atoms with Crippen LogP contribution in [0.5, 0.6) is 0 Å². The first-order valence-electron chi connectivity index (χ1n) is 5.09. The van der Waals surface area contributed by atoms with Crippen LogP contribution in [0.1, 0.15) is 28.3 Å². The number of carbonyl (C=O) groups is 1. The molecule has 0 aromatic carbocycles. The maximum atomic E-state index is 13.0. The van der Waals surface area contributed by atoms with Crippen molar-refractivity contribution in [3.8, 4) is 0 Å². The van der Waals surface area contributed by atoms with E-state index in [1.165, 1.54) is 11.3 Å². The quantitative estimate of drug-likeness (QED) is 0.882. The average Bonchev–Trinajstić information content (AvgIpc) is 2.85. The Morgan fingerprint density at radius 1 is 1.56 bits per heavy atom. The molecule has 1 unspecified atom stereocenters. The van der Waals surface area contributed by atoms with E-state index in [1.807, 2.05) is 5.38 Å². The smallest absolute Gasteiger partial charge is 0.255 e. The van der Waals surface area contributed by atoms with E-state index in [4.69, 9.17) is 11.6 Å². The molecule has 0 bridgehead atoms. The predicted molar refractivity (Wildman–Crippen MR) is 67.2 cm³/mol. The van der Waals surface area contributed by atoms with E-state index >= 15 is 0 Å². The van der Waals surface area contributed by atoms with Crippen molar-refractivity contribution >= 4 is 28.8 Å². The molecule has 0 spiro atoms. The number of hydrogen-bond donors (Lipinski definition) is 1. The highest BCUT2D eigenvalue weighted by molar-refractivity contribution is 7.09. The van der Waals surface area contributed by atoms with E-state index in [2.05, 4.69) is 15.3 Å². The number of nitrogens with zero attached hydrogens (tertiary/aromatic N) is 2. The van der Waals surface area contributed by atoms with Crippen LogP contribution in [-0.2, 0) is 0 Å². The Bertz CT molecular complexity index is 561. The van der Waals surface area contributed by atoms with E-state index in [1.54, 1.807) is 13.1 Å². The lowest BCUT2D eigenvalue weighted by atomic mass is 10.2. The van der Waals surface area contributed by atoms with Crippen LogP contribution in [0, 0.1) is 5.82 Å². The van der Waals surface area contributed by atoms with E-state index in [9.17, 15) is 9.18 Å². The normalized spacial score (nSPS) is 12.2. The summed E-state index contributed by atoms with van der Waals surface area (Å²) in [7, 11) is 0. The van der Waals surface area contributed by atoms with Crippen LogP contribution in [-0.4, -0.2) is 15.9 Å². The first-order chi connectivity index (χ1) is 8.58. The molecule has 0 aliphatic heterocycles. The maximum Gasteiger partial charge on any atom is 0.255 e. The topological polar surface area (TPSA) is 54.9 Å². The van der Waals surface area contributed by atoms with Gasteiger partial charge in [0.25, 0.3) is 5.91 Å². The van der Waals surface area contributed by atoms with Crippen LogP contribution in [0.4, 0.5) is 4.39 Å². The number of pyridine rings is 1. The second-order valence-corrected chi connectivity index (χ2v) is 4.84. The van der Waals surface area contributed by atoms with Crippen LogP contribution in [0.2, 0.25) is 5.15 Å². The van der Waals surface area contributed by atoms with Crippen LogP contribution in [0.25, 0.3) is 0 Å². The summed E-state index contributed by atoms with van der Waals surface area (Å²) in [5.74, 6) is -1.08. The Kier molecular flexibility index (Phi) is 3.88. The fourth-order valence-electron chi connectivity index (χ4n) is 1.37. The van der Waals surface area contributed by atoms with Gasteiger partial charge in [-0.25, -0.2) is 14.4 Å². The van der Waals surface area contributed by atoms with Gasteiger partial charge >= 0.3 is 0 Å². The number of aromatic nitrogens is 2. The van der Waals surface area contributed by atoms with E-state index in [0.29, 0.717) is 0 Å². The fraction of sp³-hybridized carbons (Fsp3) is 0.182. The summed E-state index contributed by atoms with van der Waals surface area (Å²) in [5.41, 5.74) is 0.0140. The van der Waals surface area contributed by atoms with Crippen LogP contribution >= 0.6 is 22.9 Å². The van der Waals surface area contributed by atoms with Gasteiger partial charge in [0.05, 0.1) is 17.8 Å². The average molecular weight is 286 g/mol. The molecule has 0 saturated heterocycles. The molecule has 2 aromatic rings. The van der Waals surface area contributed by atoms with Gasteiger partial charge in [-0.15, -0.1) is 11.3 Å². The standard InChI is InChI=1S/C11H9ClFN3OS/c1-6(11-14-2-3-18-11)16-10(17)8-4-7(13)5-15-9(8)12/h2-6H,1H3,(H,16,17). The van der Waals surface area contributed by atoms with Gasteiger partial charge in [-0.3, -0.25) is 4.79 Å². The highest BCUT2D eigenvalue weighted by Gasteiger charge is 2.17. The molecule has 18 heavy (non-hydrogen) atoms. The molecular formula is C11H9ClFN3OS. The third-order valence-electron chi connectivity index (χ3n) is 2.22. The second kappa shape index (κ2) is 5.41. The number of rotatable bonds is 3. The van der Waals surface area contributed by atoms with E-state index in [-0.39, 0.29) is 16.8 Å². The summed E-state index contributed by atoms with van der Waals surface area (Å²) in [6.07, 6.45) is 2.61. The Morgan fingerprint density at radius 3 is 3.00 bits per heavy atom. The third kappa shape index (κ3) is 2.83. The zero-order valence-corrected chi connectivity index (χ0v) is 10.9. The predicted octanol–water partition coefficient (Wildman–Crippen LogP) is 2.82. The Labute approximate surface area is 112 Å². The Balaban J connectivity index is 2.15. The number of hydrogen-bond acceptors (Lipinski definition) is 4. The number of thiazole rings is 1. The molecule has 2 rings (SSSR count). The molecule has 0 aliphatic carbocycles. The van der Waals surface area contributed by atoms with E-state index in [0.717, 1.165) is 17.3 Å². The minimum Gasteiger partial charge on any atom is -0.343 e. The Hall–Kier alpha value is -1.53. The van der Waals surface area contributed by atoms with Crippen molar-refractivity contribution in [2.75, 3.05) is 0 Å². The third-order valence-corrected chi connectivity index (χ3v) is 3.48. The number of carbonyl (C=O) groups excluding carboxylic acids is 1. The lowest BCUT2D eigenvalue weighted by Crippen LogP contribution is -2.27. The van der Waals surface area contributed by atoms with E-state index < -0.39 is 11.7 Å². The zero-order chi connectivity index (χ0) is 13.1. The summed E-state index contributed by atoms with van der Waals surface area (Å²) in [6.45, 7) is 1.79. The second-order valence-electron chi connectivity index (χ2n) is 3.56. The molecule has 2 aromatic heterocycles. The molecule has 0 fully saturated rings. The largest absolute Gasteiger partial charge is 0.343 e. The van der Waals surface area contributed by atoms with Crippen molar-refractivity contribution in [1.29, 1.82) is 0 Å². The van der Waals surface area contributed by atoms with Gasteiger partial charge in [0.15, 0.2) is 0 Å². The Morgan fingerprint density at radius 2 is 2.33 bits per heavy atom. The summed E-state index contributed by atoms with van der Waals surface area (Å²) >= 11 is 7.17. The van der Waals surface area contributed by atoms with Crippen molar-refractivity contribution in [3.63, 3.8) is 0 Å². The van der Waals surface area contributed by atoms with Gasteiger partial charge in [-0.05, 0) is 13.0 Å². The number of amides is 1. The van der Waals surface area contributed by atoms with Crippen LogP contribution in [0.3, 0.4) is 0 Å². The molecule has 7 heteroatoms. The molecule has 0 aliphatic rings. The van der Waals surface area contributed by atoms with Crippen molar-refractivity contribution in [2.45, 2.75) is 13.0 Å². The summed E-state index contributed by atoms with van der Waals surface area (Å²) in [6, 6.07) is 0.788. The van der Waals surface area contributed by atoms with Crippen molar-refractivity contribution < 1.29 is 9.18 Å². The van der Waals surface area contributed by atoms with Crippen molar-refractivity contribution in [3.05, 3.63) is 45.4 Å². The first-order valence-corrected chi connectivity index (χ1v) is 6.35. The zero-order valence-electron chi connectivity index (χ0n) is 9.35. The van der Waals surface area contributed by atoms with Crippen LogP contribution in [0.15, 0.2) is 23.8 Å².